The molecule has 0 saturated carbocycles. The molecular weight excluding hydrogens is 704 g/mol. The lowest BCUT2D eigenvalue weighted by atomic mass is 10.0. The molecule has 16 heteroatoms. The first-order valence-electron chi connectivity index (χ1n) is 18.9. The van der Waals surface area contributed by atoms with Crippen LogP contribution in [0.3, 0.4) is 0 Å². The molecule has 0 radical (unpaired) electrons. The van der Waals surface area contributed by atoms with Crippen molar-refractivity contribution >= 4 is 39.6 Å². The molecule has 1 N–H and O–H groups in total. The molecule has 3 aliphatic heterocycles. The summed E-state index contributed by atoms with van der Waals surface area (Å²) in [5.74, 6) is 1.03. The van der Waals surface area contributed by atoms with E-state index in [0.717, 1.165) is 80.0 Å². The molecule has 2 fully saturated rings. The number of rotatable bonds is 7. The predicted molar refractivity (Wildman–Crippen MR) is 205 cm³/mol. The number of aromatic nitrogens is 8. The highest BCUT2D eigenvalue weighted by Crippen LogP contribution is 2.35. The topological polar surface area (TPSA) is 144 Å². The SMILES string of the molecule is COc1cc(F)ccc1-n1ncc2c(N3C[C@@H]4C[C@H]3C(=O)N(CCCN3CCOCC3)CCCc3c5c(cccc5nn3C)-c3ccnc(n3)N4)ncnc21. The van der Waals surface area contributed by atoms with E-state index in [4.69, 9.17) is 24.5 Å². The number of nitrogens with zero attached hydrogens (tertiary/aromatic N) is 11. The third-order valence-electron chi connectivity index (χ3n) is 11.0. The van der Waals surface area contributed by atoms with E-state index < -0.39 is 11.9 Å². The van der Waals surface area contributed by atoms with Gasteiger partial charge in [0.2, 0.25) is 11.9 Å². The molecule has 6 aromatic rings. The number of hydrogen-bond acceptors (Lipinski definition) is 12. The van der Waals surface area contributed by atoms with Gasteiger partial charge in [-0.1, -0.05) is 12.1 Å². The van der Waals surface area contributed by atoms with Gasteiger partial charge in [0.15, 0.2) is 5.65 Å². The summed E-state index contributed by atoms with van der Waals surface area (Å²) in [6, 6.07) is 11.7. The van der Waals surface area contributed by atoms with Crippen LogP contribution in [0.2, 0.25) is 0 Å². The largest absolute Gasteiger partial charge is 0.494 e. The summed E-state index contributed by atoms with van der Waals surface area (Å²) in [4.78, 5) is 40.5. The number of aryl methyl sites for hydroxylation is 2. The highest BCUT2D eigenvalue weighted by atomic mass is 19.1. The molecule has 1 amide bonds. The Kier molecular flexibility index (Phi) is 9.43. The zero-order chi connectivity index (χ0) is 37.5. The van der Waals surface area contributed by atoms with Crippen molar-refractivity contribution in [2.75, 3.05) is 69.8 Å². The minimum Gasteiger partial charge on any atom is -0.494 e. The van der Waals surface area contributed by atoms with E-state index in [0.29, 0.717) is 60.3 Å². The van der Waals surface area contributed by atoms with Gasteiger partial charge in [0.1, 0.15) is 35.4 Å². The molecule has 4 aromatic heterocycles. The summed E-state index contributed by atoms with van der Waals surface area (Å²) >= 11 is 0. The molecule has 2 aromatic carbocycles. The molecule has 9 rings (SSSR count). The minimum atomic E-state index is -0.531. The zero-order valence-corrected chi connectivity index (χ0v) is 30.9. The lowest BCUT2D eigenvalue weighted by molar-refractivity contribution is -0.132. The summed E-state index contributed by atoms with van der Waals surface area (Å²) in [6.07, 6.45) is 7.82. The number of amides is 1. The number of halogens is 1. The molecule has 7 heterocycles. The summed E-state index contributed by atoms with van der Waals surface area (Å²) < 4.78 is 28.8. The number of methoxy groups -OCH3 is 1. The highest BCUT2D eigenvalue weighted by molar-refractivity contribution is 5.96. The lowest BCUT2D eigenvalue weighted by Crippen LogP contribution is -2.47. The van der Waals surface area contributed by atoms with Crippen molar-refractivity contribution in [3.05, 3.63) is 72.7 Å². The summed E-state index contributed by atoms with van der Waals surface area (Å²) in [5.41, 5.74) is 4.88. The number of morpholine rings is 1. The monoisotopic (exact) mass is 746 g/mol. The summed E-state index contributed by atoms with van der Waals surface area (Å²) in [7, 11) is 3.47. The fourth-order valence-corrected chi connectivity index (χ4v) is 8.33. The Balaban J connectivity index is 1.10. The van der Waals surface area contributed by atoms with Crippen LogP contribution in [0.1, 0.15) is 25.0 Å². The molecule has 4 bridgehead atoms. The van der Waals surface area contributed by atoms with Gasteiger partial charge in [0, 0.05) is 81.3 Å². The van der Waals surface area contributed by atoms with Crippen LogP contribution in [-0.2, 0) is 23.0 Å². The molecule has 0 unspecified atom stereocenters. The number of benzene rings is 2. The smallest absolute Gasteiger partial charge is 0.245 e. The first-order chi connectivity index (χ1) is 26.9. The van der Waals surface area contributed by atoms with Crippen LogP contribution in [0.15, 0.2) is 61.2 Å². The predicted octanol–water partition coefficient (Wildman–Crippen LogP) is 3.86. The van der Waals surface area contributed by atoms with Gasteiger partial charge in [-0.3, -0.25) is 14.4 Å². The van der Waals surface area contributed by atoms with E-state index in [-0.39, 0.29) is 11.9 Å². The third kappa shape index (κ3) is 6.69. The Bertz CT molecular complexity index is 2360. The maximum atomic E-state index is 15.0. The van der Waals surface area contributed by atoms with E-state index in [1.807, 2.05) is 34.8 Å². The van der Waals surface area contributed by atoms with Crippen molar-refractivity contribution in [1.82, 2.24) is 49.3 Å². The van der Waals surface area contributed by atoms with Gasteiger partial charge >= 0.3 is 0 Å². The van der Waals surface area contributed by atoms with Crippen LogP contribution >= 0.6 is 0 Å². The van der Waals surface area contributed by atoms with Gasteiger partial charge in [0.25, 0.3) is 0 Å². The molecule has 284 valence electrons. The minimum absolute atomic E-state index is 0.0470. The van der Waals surface area contributed by atoms with Crippen molar-refractivity contribution in [2.24, 2.45) is 7.05 Å². The van der Waals surface area contributed by atoms with Gasteiger partial charge in [-0.25, -0.2) is 29.0 Å². The first kappa shape index (κ1) is 35.0. The van der Waals surface area contributed by atoms with Crippen LogP contribution < -0.4 is 15.0 Å². The summed E-state index contributed by atoms with van der Waals surface area (Å²) in [6.45, 7) is 5.85. The second-order valence-corrected chi connectivity index (χ2v) is 14.3. The fourth-order valence-electron chi connectivity index (χ4n) is 8.33. The van der Waals surface area contributed by atoms with E-state index in [1.165, 1.54) is 25.6 Å². The first-order valence-corrected chi connectivity index (χ1v) is 18.9. The van der Waals surface area contributed by atoms with Crippen molar-refractivity contribution in [1.29, 1.82) is 0 Å². The number of ether oxygens (including phenoxy) is 2. The Labute approximate surface area is 317 Å². The quantitative estimate of drug-likeness (QED) is 0.253. The maximum absolute atomic E-state index is 15.0. The van der Waals surface area contributed by atoms with E-state index in [1.54, 1.807) is 23.1 Å². The van der Waals surface area contributed by atoms with Crippen molar-refractivity contribution in [3.63, 3.8) is 0 Å². The Morgan fingerprint density at radius 1 is 1.05 bits per heavy atom. The third-order valence-corrected chi connectivity index (χ3v) is 11.0. The van der Waals surface area contributed by atoms with Gasteiger partial charge in [-0.15, -0.1) is 0 Å². The Hall–Kier alpha value is -5.74. The maximum Gasteiger partial charge on any atom is 0.245 e. The number of carbonyl (C=O) groups excluding carboxylic acids is 1. The number of fused-ring (bicyclic) bond motifs is 6. The normalized spacial score (nSPS) is 19.4. The van der Waals surface area contributed by atoms with Crippen LogP contribution in [0.4, 0.5) is 16.2 Å². The van der Waals surface area contributed by atoms with Crippen LogP contribution in [0, 0.1) is 5.82 Å². The summed E-state index contributed by atoms with van der Waals surface area (Å²) in [5, 5.41) is 14.8. The average molecular weight is 747 g/mol. The molecule has 15 nitrogen and oxygen atoms in total. The lowest BCUT2D eigenvalue weighted by Gasteiger charge is -2.32. The van der Waals surface area contributed by atoms with E-state index in [2.05, 4.69) is 36.2 Å². The van der Waals surface area contributed by atoms with Gasteiger partial charge in [0.05, 0.1) is 43.1 Å². The average Bonchev–Trinajstić information content (AvgIpc) is 3.92. The number of carbonyl (C=O) groups is 1. The van der Waals surface area contributed by atoms with Gasteiger partial charge in [-0.2, -0.15) is 10.2 Å². The second kappa shape index (κ2) is 14.8. The van der Waals surface area contributed by atoms with E-state index >= 15 is 4.79 Å². The molecule has 0 spiro atoms. The van der Waals surface area contributed by atoms with Crippen molar-refractivity contribution in [2.45, 2.75) is 37.8 Å². The van der Waals surface area contributed by atoms with E-state index in [9.17, 15) is 4.39 Å². The van der Waals surface area contributed by atoms with Gasteiger partial charge in [-0.05, 0) is 49.9 Å². The molecule has 2 saturated heterocycles. The molecular formula is C39H43FN12O3. The molecule has 0 aliphatic carbocycles. The Morgan fingerprint density at radius 3 is 2.82 bits per heavy atom. The van der Waals surface area contributed by atoms with Crippen molar-refractivity contribution in [3.8, 4) is 22.7 Å². The molecule has 2 atom stereocenters. The number of nitrogens with one attached hydrogen (secondary N) is 1. The Morgan fingerprint density at radius 2 is 1.95 bits per heavy atom. The molecule has 3 aliphatic rings. The highest BCUT2D eigenvalue weighted by Gasteiger charge is 2.41. The van der Waals surface area contributed by atoms with Crippen LogP contribution in [0.5, 0.6) is 5.75 Å². The van der Waals surface area contributed by atoms with Crippen molar-refractivity contribution < 1.29 is 18.7 Å². The standard InChI is InChI=1S/C39H43FN12O3/c1-48-32-8-4-14-50(15-5-13-49-16-18-55-19-17-49)38(53)33-21-26(45-39-41-12-11-29(46-39)27-6-3-7-30(47-48)35(27)32)23-51(33)36-28-22-44-52(37(28)43-24-42-36)31-10-9-25(40)20-34(31)54-2/h3,6-7,9-12,20,22,24,26,33H,4-5,8,13-19,21,23H2,1-2H3,(H,41,45,46)/t26-,33-/m0/s1. The zero-order valence-electron chi connectivity index (χ0n) is 30.9. The number of hydrogen-bond donors (Lipinski definition) is 1. The fraction of sp³-hybridized carbons (Fsp3) is 0.410. The number of anilines is 2. The second-order valence-electron chi connectivity index (χ2n) is 14.3. The van der Waals surface area contributed by atoms with Crippen LogP contribution in [-0.4, -0.2) is 127 Å². The van der Waals surface area contributed by atoms with Crippen LogP contribution in [0.25, 0.3) is 38.9 Å². The molecule has 55 heavy (non-hydrogen) atoms. The van der Waals surface area contributed by atoms with Gasteiger partial charge < -0.3 is 24.6 Å².